The van der Waals surface area contributed by atoms with Crippen molar-refractivity contribution in [1.29, 1.82) is 0 Å². The number of aromatic nitrogens is 2. The van der Waals surface area contributed by atoms with Crippen molar-refractivity contribution in [2.24, 2.45) is 0 Å². The Bertz CT molecular complexity index is 520. The lowest BCUT2D eigenvalue weighted by Gasteiger charge is -2.02. The van der Waals surface area contributed by atoms with E-state index in [0.717, 1.165) is 24.9 Å². The lowest BCUT2D eigenvalue weighted by atomic mass is 10.1. The summed E-state index contributed by atoms with van der Waals surface area (Å²) in [5.74, 6) is -0.767. The first-order valence-electron chi connectivity index (χ1n) is 6.51. The van der Waals surface area contributed by atoms with Gasteiger partial charge in [-0.2, -0.15) is 5.10 Å². The molecule has 0 bridgehead atoms. The van der Waals surface area contributed by atoms with Crippen molar-refractivity contribution in [3.05, 3.63) is 53.9 Å². The van der Waals surface area contributed by atoms with Crippen LogP contribution in [0.2, 0.25) is 0 Å². The van der Waals surface area contributed by atoms with Crippen LogP contribution in [-0.2, 0) is 24.2 Å². The second kappa shape index (κ2) is 6.73. The van der Waals surface area contributed by atoms with E-state index in [1.165, 1.54) is 5.56 Å². The van der Waals surface area contributed by atoms with Crippen LogP contribution in [0, 0.1) is 0 Å². The molecule has 1 aromatic carbocycles. The third-order valence-corrected chi connectivity index (χ3v) is 3.01. The van der Waals surface area contributed by atoms with E-state index < -0.39 is 5.97 Å². The van der Waals surface area contributed by atoms with E-state index in [1.807, 2.05) is 29.1 Å². The van der Waals surface area contributed by atoms with Crippen molar-refractivity contribution in [2.45, 2.75) is 32.2 Å². The predicted octanol–water partition coefficient (Wildman–Crippen LogP) is 2.53. The van der Waals surface area contributed by atoms with Gasteiger partial charge in [-0.25, -0.2) is 0 Å². The number of aryl methyl sites for hydroxylation is 3. The summed E-state index contributed by atoms with van der Waals surface area (Å²) in [7, 11) is 0. The molecule has 0 saturated heterocycles. The Morgan fingerprint density at radius 3 is 2.68 bits per heavy atom. The number of carboxylic acids is 1. The van der Waals surface area contributed by atoms with Crippen molar-refractivity contribution in [3.8, 4) is 0 Å². The Hall–Kier alpha value is -2.10. The number of carboxylic acid groups (broad SMARTS) is 1. The SMILES string of the molecule is O=C(O)CCc1cnn(CCCc2ccccc2)c1. The number of carbonyl (C=O) groups is 1. The molecule has 0 aliphatic rings. The molecule has 2 rings (SSSR count). The summed E-state index contributed by atoms with van der Waals surface area (Å²) in [5.41, 5.74) is 2.32. The van der Waals surface area contributed by atoms with Crippen LogP contribution >= 0.6 is 0 Å². The fourth-order valence-corrected chi connectivity index (χ4v) is 2.00. The smallest absolute Gasteiger partial charge is 0.303 e. The third kappa shape index (κ3) is 4.58. The van der Waals surface area contributed by atoms with Crippen LogP contribution in [0.3, 0.4) is 0 Å². The summed E-state index contributed by atoms with van der Waals surface area (Å²) in [6.45, 7) is 0.863. The molecule has 4 heteroatoms. The first-order valence-corrected chi connectivity index (χ1v) is 6.51. The molecule has 0 aliphatic heterocycles. The van der Waals surface area contributed by atoms with Gasteiger partial charge in [0.15, 0.2) is 0 Å². The van der Waals surface area contributed by atoms with Crippen molar-refractivity contribution >= 4 is 5.97 Å². The average Bonchev–Trinajstić information content (AvgIpc) is 2.86. The molecule has 0 aliphatic carbocycles. The van der Waals surface area contributed by atoms with Crippen LogP contribution in [0.15, 0.2) is 42.7 Å². The fourth-order valence-electron chi connectivity index (χ4n) is 2.00. The lowest BCUT2D eigenvalue weighted by Crippen LogP contribution is -2.00. The normalized spacial score (nSPS) is 10.5. The summed E-state index contributed by atoms with van der Waals surface area (Å²) in [5, 5.41) is 12.9. The summed E-state index contributed by atoms with van der Waals surface area (Å²) < 4.78 is 1.89. The molecule has 4 nitrogen and oxygen atoms in total. The van der Waals surface area contributed by atoms with Gasteiger partial charge in [-0.05, 0) is 30.4 Å². The minimum Gasteiger partial charge on any atom is -0.481 e. The van der Waals surface area contributed by atoms with E-state index >= 15 is 0 Å². The Kier molecular flexibility index (Phi) is 4.72. The first-order chi connectivity index (χ1) is 9.24. The molecule has 1 heterocycles. The highest BCUT2D eigenvalue weighted by Crippen LogP contribution is 2.06. The molecule has 100 valence electrons. The Balaban J connectivity index is 1.76. The zero-order valence-corrected chi connectivity index (χ0v) is 10.8. The van der Waals surface area contributed by atoms with Gasteiger partial charge in [-0.3, -0.25) is 9.48 Å². The number of rotatable bonds is 7. The maximum Gasteiger partial charge on any atom is 0.303 e. The molecule has 0 unspecified atom stereocenters. The van der Waals surface area contributed by atoms with Crippen LogP contribution < -0.4 is 0 Å². The van der Waals surface area contributed by atoms with Gasteiger partial charge in [-0.15, -0.1) is 0 Å². The largest absolute Gasteiger partial charge is 0.481 e. The topological polar surface area (TPSA) is 55.1 Å². The van der Waals surface area contributed by atoms with Crippen LogP contribution in [0.1, 0.15) is 24.0 Å². The van der Waals surface area contributed by atoms with E-state index in [9.17, 15) is 4.79 Å². The van der Waals surface area contributed by atoms with Gasteiger partial charge >= 0.3 is 5.97 Å². The molecule has 2 aromatic rings. The zero-order valence-electron chi connectivity index (χ0n) is 10.8. The molecule has 0 fully saturated rings. The molecule has 0 spiro atoms. The van der Waals surface area contributed by atoms with E-state index in [0.29, 0.717) is 6.42 Å². The van der Waals surface area contributed by atoms with Gasteiger partial charge in [0.2, 0.25) is 0 Å². The molecule has 0 amide bonds. The van der Waals surface area contributed by atoms with Gasteiger partial charge < -0.3 is 5.11 Å². The summed E-state index contributed by atoms with van der Waals surface area (Å²) >= 11 is 0. The molecular formula is C15H18N2O2. The third-order valence-electron chi connectivity index (χ3n) is 3.01. The van der Waals surface area contributed by atoms with Gasteiger partial charge in [0.1, 0.15) is 0 Å². The van der Waals surface area contributed by atoms with Gasteiger partial charge in [-0.1, -0.05) is 30.3 Å². The van der Waals surface area contributed by atoms with Crippen molar-refractivity contribution in [2.75, 3.05) is 0 Å². The molecule has 0 saturated carbocycles. The molecule has 1 N–H and O–H groups in total. The van der Waals surface area contributed by atoms with Gasteiger partial charge in [0.05, 0.1) is 6.20 Å². The molecular weight excluding hydrogens is 240 g/mol. The summed E-state index contributed by atoms with van der Waals surface area (Å²) in [4.78, 5) is 10.5. The van der Waals surface area contributed by atoms with Gasteiger partial charge in [0.25, 0.3) is 0 Å². The highest BCUT2D eigenvalue weighted by atomic mass is 16.4. The zero-order chi connectivity index (χ0) is 13.5. The highest BCUT2D eigenvalue weighted by molar-refractivity contribution is 5.67. The first kappa shape index (κ1) is 13.3. The average molecular weight is 258 g/mol. The monoisotopic (exact) mass is 258 g/mol. The quantitative estimate of drug-likeness (QED) is 0.830. The summed E-state index contributed by atoms with van der Waals surface area (Å²) in [6, 6.07) is 10.4. The minimum atomic E-state index is -0.767. The number of benzene rings is 1. The molecule has 0 radical (unpaired) electrons. The van der Waals surface area contributed by atoms with E-state index in [2.05, 4.69) is 17.2 Å². The lowest BCUT2D eigenvalue weighted by molar-refractivity contribution is -0.136. The Morgan fingerprint density at radius 2 is 1.95 bits per heavy atom. The standard InChI is InChI=1S/C15H18N2O2/c18-15(19)9-8-14-11-16-17(12-14)10-4-7-13-5-2-1-3-6-13/h1-3,5-6,11-12H,4,7-10H2,(H,18,19). The molecule has 0 atom stereocenters. The van der Waals surface area contributed by atoms with Crippen molar-refractivity contribution in [1.82, 2.24) is 9.78 Å². The van der Waals surface area contributed by atoms with Crippen LogP contribution in [0.25, 0.3) is 0 Å². The van der Waals surface area contributed by atoms with Crippen molar-refractivity contribution < 1.29 is 9.90 Å². The van der Waals surface area contributed by atoms with E-state index in [4.69, 9.17) is 5.11 Å². The summed E-state index contributed by atoms with van der Waals surface area (Å²) in [6.07, 6.45) is 6.47. The van der Waals surface area contributed by atoms with E-state index in [-0.39, 0.29) is 6.42 Å². The predicted molar refractivity (Wildman–Crippen MR) is 72.9 cm³/mol. The number of aliphatic carboxylic acids is 1. The van der Waals surface area contributed by atoms with Crippen LogP contribution in [0.5, 0.6) is 0 Å². The van der Waals surface area contributed by atoms with Crippen molar-refractivity contribution in [3.63, 3.8) is 0 Å². The number of hydrogen-bond acceptors (Lipinski definition) is 2. The minimum absolute atomic E-state index is 0.162. The van der Waals surface area contributed by atoms with Crippen LogP contribution in [0.4, 0.5) is 0 Å². The Labute approximate surface area is 112 Å². The van der Waals surface area contributed by atoms with E-state index in [1.54, 1.807) is 6.20 Å². The highest BCUT2D eigenvalue weighted by Gasteiger charge is 2.02. The number of nitrogens with zero attached hydrogens (tertiary/aromatic N) is 2. The number of hydrogen-bond donors (Lipinski definition) is 1. The maximum absolute atomic E-state index is 10.5. The Morgan fingerprint density at radius 1 is 1.16 bits per heavy atom. The van der Waals surface area contributed by atoms with Gasteiger partial charge in [0, 0.05) is 19.2 Å². The fraction of sp³-hybridized carbons (Fsp3) is 0.333. The van der Waals surface area contributed by atoms with Crippen LogP contribution in [-0.4, -0.2) is 20.9 Å². The molecule has 1 aromatic heterocycles. The maximum atomic E-state index is 10.5. The molecule has 19 heavy (non-hydrogen) atoms. The second-order valence-corrected chi connectivity index (χ2v) is 4.59. The second-order valence-electron chi connectivity index (χ2n) is 4.59.